The number of carboxylic acid groups (broad SMARTS) is 1. The van der Waals surface area contributed by atoms with Crippen LogP contribution in [0.4, 0.5) is 0 Å². The molecular weight excluding hydrogens is 446 g/mol. The molecule has 2 N–H and O–H groups in total. The van der Waals surface area contributed by atoms with Gasteiger partial charge in [0.15, 0.2) is 11.6 Å². The van der Waals surface area contributed by atoms with Crippen LogP contribution in [0.3, 0.4) is 0 Å². The third-order valence-electron chi connectivity index (χ3n) is 6.26. The first kappa shape index (κ1) is 30.7. The summed E-state index contributed by atoms with van der Waals surface area (Å²) in [6.07, 6.45) is 13.7. The molecule has 0 aliphatic rings. The summed E-state index contributed by atoms with van der Waals surface area (Å²) in [5, 5.41) is 12.1. The summed E-state index contributed by atoms with van der Waals surface area (Å²) in [5.74, 6) is -0.274. The van der Waals surface area contributed by atoms with Crippen molar-refractivity contribution < 1.29 is 23.9 Å². The molecule has 0 saturated carbocycles. The van der Waals surface area contributed by atoms with Gasteiger partial charge in [-0.1, -0.05) is 65.2 Å². The first-order valence-electron chi connectivity index (χ1n) is 13.5. The number of aryl methyl sites for hydroxylation is 2. The van der Waals surface area contributed by atoms with Gasteiger partial charge in [-0.15, -0.1) is 0 Å². The molecule has 0 aliphatic carbocycles. The van der Waals surface area contributed by atoms with Gasteiger partial charge in [0, 0.05) is 26.4 Å². The lowest BCUT2D eigenvalue weighted by Gasteiger charge is -2.18. The van der Waals surface area contributed by atoms with Gasteiger partial charge in [0.2, 0.25) is 5.91 Å². The van der Waals surface area contributed by atoms with E-state index in [0.717, 1.165) is 44.9 Å². The minimum atomic E-state index is -1.02. The molecule has 1 aromatic heterocycles. The molecule has 0 fully saturated rings. The Kier molecular flexibility index (Phi) is 15.7. The smallest absolute Gasteiger partial charge is 0.326 e. The number of aromatic nitrogens is 1. The molecule has 1 heterocycles. The summed E-state index contributed by atoms with van der Waals surface area (Å²) in [4.78, 5) is 42.4. The Morgan fingerprint density at radius 2 is 1.57 bits per heavy atom. The number of unbranched alkanes of at least 4 members (excludes halogenated alkanes) is 9. The zero-order valence-corrected chi connectivity index (χ0v) is 22.4. The number of hydrogen-bond donors (Lipinski definition) is 2. The van der Waals surface area contributed by atoms with Crippen molar-refractivity contribution in [1.29, 1.82) is 0 Å². The molecule has 2 amide bonds. The van der Waals surface area contributed by atoms with Crippen LogP contribution >= 0.6 is 0 Å². The van der Waals surface area contributed by atoms with Crippen LogP contribution in [0.15, 0.2) is 4.42 Å². The van der Waals surface area contributed by atoms with E-state index in [1.807, 2.05) is 0 Å². The molecule has 8 nitrogen and oxygen atoms in total. The van der Waals surface area contributed by atoms with Crippen molar-refractivity contribution in [3.8, 4) is 0 Å². The van der Waals surface area contributed by atoms with Gasteiger partial charge in [0.05, 0.1) is 0 Å². The SMILES string of the molecule is CCCCCCCCCC(=O)NC(CCCCN(C)C(=O)c1nc(CCCCC)oc1C)C(=O)O. The minimum Gasteiger partial charge on any atom is -0.480 e. The predicted molar refractivity (Wildman–Crippen MR) is 137 cm³/mol. The van der Waals surface area contributed by atoms with E-state index in [4.69, 9.17) is 4.42 Å². The lowest BCUT2D eigenvalue weighted by atomic mass is 10.1. The molecule has 0 spiro atoms. The normalized spacial score (nSPS) is 11.9. The van der Waals surface area contributed by atoms with E-state index in [0.29, 0.717) is 49.6 Å². The Balaban J connectivity index is 2.34. The van der Waals surface area contributed by atoms with Gasteiger partial charge in [-0.3, -0.25) is 9.59 Å². The Labute approximate surface area is 211 Å². The van der Waals surface area contributed by atoms with Crippen LogP contribution in [-0.4, -0.2) is 52.4 Å². The van der Waals surface area contributed by atoms with E-state index < -0.39 is 12.0 Å². The van der Waals surface area contributed by atoms with E-state index in [9.17, 15) is 19.5 Å². The molecule has 35 heavy (non-hydrogen) atoms. The Morgan fingerprint density at radius 1 is 0.943 bits per heavy atom. The fourth-order valence-electron chi connectivity index (χ4n) is 4.03. The number of carbonyl (C=O) groups excluding carboxylic acids is 2. The average molecular weight is 494 g/mol. The predicted octanol–water partition coefficient (Wildman–Crippen LogP) is 5.67. The van der Waals surface area contributed by atoms with Crippen molar-refractivity contribution in [1.82, 2.24) is 15.2 Å². The second-order valence-electron chi connectivity index (χ2n) is 9.52. The lowest BCUT2D eigenvalue weighted by Crippen LogP contribution is -2.40. The Bertz CT molecular complexity index is 762. The molecular formula is C27H47N3O5. The number of nitrogens with one attached hydrogen (secondary N) is 1. The van der Waals surface area contributed by atoms with Crippen molar-refractivity contribution in [2.45, 2.75) is 123 Å². The third kappa shape index (κ3) is 12.8. The van der Waals surface area contributed by atoms with Gasteiger partial charge < -0.3 is 19.7 Å². The van der Waals surface area contributed by atoms with Crippen LogP contribution in [0, 0.1) is 6.92 Å². The van der Waals surface area contributed by atoms with E-state index >= 15 is 0 Å². The zero-order chi connectivity index (χ0) is 26.1. The quantitative estimate of drug-likeness (QED) is 0.226. The third-order valence-corrected chi connectivity index (χ3v) is 6.26. The molecule has 0 aliphatic heterocycles. The molecule has 0 aromatic carbocycles. The molecule has 1 aromatic rings. The number of amides is 2. The Morgan fingerprint density at radius 3 is 2.23 bits per heavy atom. The van der Waals surface area contributed by atoms with Gasteiger partial charge in [-0.25, -0.2) is 9.78 Å². The number of hydrogen-bond acceptors (Lipinski definition) is 5. The van der Waals surface area contributed by atoms with Crippen LogP contribution in [0.5, 0.6) is 0 Å². The van der Waals surface area contributed by atoms with Gasteiger partial charge >= 0.3 is 5.97 Å². The highest BCUT2D eigenvalue weighted by molar-refractivity contribution is 5.93. The molecule has 200 valence electrons. The highest BCUT2D eigenvalue weighted by Crippen LogP contribution is 2.15. The summed E-state index contributed by atoms with van der Waals surface area (Å²) in [6.45, 7) is 6.55. The average Bonchev–Trinajstić information content (AvgIpc) is 3.19. The molecule has 1 rings (SSSR count). The number of nitrogens with zero attached hydrogens (tertiary/aromatic N) is 2. The van der Waals surface area contributed by atoms with Gasteiger partial charge in [0.25, 0.3) is 5.91 Å². The van der Waals surface area contributed by atoms with Crippen LogP contribution in [-0.2, 0) is 16.0 Å². The Hall–Kier alpha value is -2.38. The molecule has 8 heteroatoms. The highest BCUT2D eigenvalue weighted by atomic mass is 16.4. The van der Waals surface area contributed by atoms with E-state index in [-0.39, 0.29) is 11.8 Å². The topological polar surface area (TPSA) is 113 Å². The van der Waals surface area contributed by atoms with Crippen molar-refractivity contribution in [3.05, 3.63) is 17.3 Å². The zero-order valence-electron chi connectivity index (χ0n) is 22.4. The monoisotopic (exact) mass is 493 g/mol. The molecule has 0 saturated heterocycles. The first-order valence-corrected chi connectivity index (χ1v) is 13.5. The van der Waals surface area contributed by atoms with Crippen LogP contribution in [0.2, 0.25) is 0 Å². The second kappa shape index (κ2) is 18.0. The molecule has 1 atom stereocenters. The van der Waals surface area contributed by atoms with Crippen LogP contribution in [0.1, 0.15) is 126 Å². The maximum atomic E-state index is 12.7. The van der Waals surface area contributed by atoms with E-state index in [2.05, 4.69) is 24.1 Å². The van der Waals surface area contributed by atoms with Crippen molar-refractivity contribution in [3.63, 3.8) is 0 Å². The first-order chi connectivity index (χ1) is 16.8. The van der Waals surface area contributed by atoms with Crippen molar-refractivity contribution in [2.24, 2.45) is 0 Å². The maximum Gasteiger partial charge on any atom is 0.326 e. The number of oxazole rings is 1. The summed E-state index contributed by atoms with van der Waals surface area (Å²) in [6, 6.07) is -0.892. The molecule has 0 radical (unpaired) electrons. The fraction of sp³-hybridized carbons (Fsp3) is 0.778. The van der Waals surface area contributed by atoms with Crippen LogP contribution in [0.25, 0.3) is 0 Å². The van der Waals surface area contributed by atoms with Crippen molar-refractivity contribution >= 4 is 17.8 Å². The van der Waals surface area contributed by atoms with Crippen molar-refractivity contribution in [2.75, 3.05) is 13.6 Å². The highest BCUT2D eigenvalue weighted by Gasteiger charge is 2.22. The summed E-state index contributed by atoms with van der Waals surface area (Å²) >= 11 is 0. The van der Waals surface area contributed by atoms with Crippen LogP contribution < -0.4 is 5.32 Å². The summed E-state index contributed by atoms with van der Waals surface area (Å²) in [7, 11) is 1.71. The fourth-order valence-corrected chi connectivity index (χ4v) is 4.03. The number of aliphatic carboxylic acids is 1. The van der Waals surface area contributed by atoms with Gasteiger partial charge in [-0.05, 0) is 39.0 Å². The minimum absolute atomic E-state index is 0.189. The molecule has 1 unspecified atom stereocenters. The maximum absolute atomic E-state index is 12.7. The number of rotatable bonds is 20. The number of carboxylic acids is 1. The van der Waals surface area contributed by atoms with E-state index in [1.54, 1.807) is 18.9 Å². The standard InChI is InChI=1S/C27H47N3O5/c1-5-7-9-10-11-12-14-18-23(31)28-22(27(33)34)17-15-16-20-30(4)26(32)25-21(3)35-24(29-25)19-13-8-6-2/h22H,5-20H2,1-4H3,(H,28,31)(H,33,34). The second-order valence-corrected chi connectivity index (χ2v) is 9.52. The van der Waals surface area contributed by atoms with Gasteiger partial charge in [0.1, 0.15) is 11.8 Å². The summed E-state index contributed by atoms with van der Waals surface area (Å²) in [5.41, 5.74) is 0.347. The number of carbonyl (C=O) groups is 3. The largest absolute Gasteiger partial charge is 0.480 e. The van der Waals surface area contributed by atoms with Gasteiger partial charge in [-0.2, -0.15) is 0 Å². The lowest BCUT2D eigenvalue weighted by molar-refractivity contribution is -0.142. The summed E-state index contributed by atoms with van der Waals surface area (Å²) < 4.78 is 5.65. The van der Waals surface area contributed by atoms with E-state index in [1.165, 1.54) is 25.7 Å². The molecule has 0 bridgehead atoms.